The van der Waals surface area contributed by atoms with Crippen LogP contribution in [0.3, 0.4) is 0 Å². The Bertz CT molecular complexity index is 341. The quantitative estimate of drug-likeness (QED) is 0.506. The van der Waals surface area contributed by atoms with E-state index in [9.17, 15) is 0 Å². The molecule has 0 bridgehead atoms. The molecule has 2 N–H and O–H groups in total. The minimum Gasteiger partial charge on any atom is -0.495 e. The summed E-state index contributed by atoms with van der Waals surface area (Å²) in [5, 5.41) is 4.01. The van der Waals surface area contributed by atoms with Crippen LogP contribution in [0, 0.1) is 0 Å². The van der Waals surface area contributed by atoms with Gasteiger partial charge in [-0.15, -0.1) is 0 Å². The second-order valence-corrected chi connectivity index (χ2v) is 3.58. The molecular weight excluding hydrogens is 255 g/mol. The Labute approximate surface area is 89.7 Å². The Morgan fingerprint density at radius 1 is 1.62 bits per heavy atom. The second kappa shape index (κ2) is 4.48. The van der Waals surface area contributed by atoms with E-state index in [1.165, 1.54) is 6.21 Å². The molecule has 0 radical (unpaired) electrons. The average Bonchev–Trinajstić information content (AvgIpc) is 2.04. The first kappa shape index (κ1) is 10.3. The van der Waals surface area contributed by atoms with Crippen LogP contribution in [-0.4, -0.2) is 13.3 Å². The van der Waals surface area contributed by atoms with Gasteiger partial charge in [0.25, 0.3) is 0 Å². The van der Waals surface area contributed by atoms with Crippen molar-refractivity contribution in [3.63, 3.8) is 0 Å². The molecule has 5 heteroatoms. The lowest BCUT2D eigenvalue weighted by atomic mass is 10.2. The Balaban J connectivity index is 3.29. The van der Waals surface area contributed by atoms with Crippen LogP contribution in [-0.2, 0) is 0 Å². The number of nitrogens with two attached hydrogens (primary N) is 1. The Hall–Kier alpha value is -0.740. The highest BCUT2D eigenvalue weighted by atomic mass is 79.9. The van der Waals surface area contributed by atoms with Gasteiger partial charge in [0, 0.05) is 10.6 Å². The topological polar surface area (TPSA) is 47.6 Å². The van der Waals surface area contributed by atoms with E-state index in [4.69, 9.17) is 22.2 Å². The first-order valence-corrected chi connectivity index (χ1v) is 4.62. The van der Waals surface area contributed by atoms with Crippen LogP contribution in [0.15, 0.2) is 21.7 Å². The van der Waals surface area contributed by atoms with Gasteiger partial charge in [0.1, 0.15) is 5.75 Å². The van der Waals surface area contributed by atoms with Gasteiger partial charge in [-0.2, -0.15) is 5.10 Å². The first-order chi connectivity index (χ1) is 6.19. The molecular formula is C8H8BrClN2O. The molecule has 0 aliphatic heterocycles. The Morgan fingerprint density at radius 3 is 2.85 bits per heavy atom. The van der Waals surface area contributed by atoms with Crippen molar-refractivity contribution in [3.8, 4) is 5.75 Å². The number of hydrazone groups is 1. The highest BCUT2D eigenvalue weighted by Crippen LogP contribution is 2.31. The summed E-state index contributed by atoms with van der Waals surface area (Å²) in [6, 6.07) is 3.47. The minimum absolute atomic E-state index is 0.600. The molecule has 13 heavy (non-hydrogen) atoms. The second-order valence-electron chi connectivity index (χ2n) is 2.29. The van der Waals surface area contributed by atoms with Crippen molar-refractivity contribution in [3.05, 3.63) is 27.2 Å². The summed E-state index contributed by atoms with van der Waals surface area (Å²) in [6.45, 7) is 0. The molecule has 0 saturated heterocycles. The third kappa shape index (κ3) is 2.35. The molecule has 0 amide bonds. The lowest BCUT2D eigenvalue weighted by Crippen LogP contribution is -1.94. The fraction of sp³-hybridized carbons (Fsp3) is 0.125. The van der Waals surface area contributed by atoms with E-state index >= 15 is 0 Å². The van der Waals surface area contributed by atoms with Gasteiger partial charge in [0.15, 0.2) is 0 Å². The van der Waals surface area contributed by atoms with Crippen molar-refractivity contribution >= 4 is 33.7 Å². The SMILES string of the molecule is COc1c(Br)cc(Cl)cc1C=NN. The molecule has 1 aromatic rings. The lowest BCUT2D eigenvalue weighted by molar-refractivity contribution is 0.411. The number of rotatable bonds is 2. The van der Waals surface area contributed by atoms with Crippen molar-refractivity contribution in [1.82, 2.24) is 0 Å². The molecule has 0 aliphatic carbocycles. The van der Waals surface area contributed by atoms with Crippen molar-refractivity contribution in [1.29, 1.82) is 0 Å². The molecule has 0 unspecified atom stereocenters. The molecule has 0 heterocycles. The molecule has 0 saturated carbocycles. The van der Waals surface area contributed by atoms with Crippen molar-refractivity contribution in [2.75, 3.05) is 7.11 Å². The number of ether oxygens (including phenoxy) is 1. The zero-order valence-corrected chi connectivity index (χ0v) is 9.26. The first-order valence-electron chi connectivity index (χ1n) is 3.45. The number of hydrogen-bond donors (Lipinski definition) is 1. The summed E-state index contributed by atoms with van der Waals surface area (Å²) in [4.78, 5) is 0. The summed E-state index contributed by atoms with van der Waals surface area (Å²) in [6.07, 6.45) is 1.48. The minimum atomic E-state index is 0.600. The van der Waals surface area contributed by atoms with Crippen molar-refractivity contribution < 1.29 is 4.74 Å². The fourth-order valence-electron chi connectivity index (χ4n) is 0.972. The van der Waals surface area contributed by atoms with E-state index in [-0.39, 0.29) is 0 Å². The van der Waals surface area contributed by atoms with Crippen molar-refractivity contribution in [2.45, 2.75) is 0 Å². The summed E-state index contributed by atoms with van der Waals surface area (Å²) < 4.78 is 5.91. The average molecular weight is 264 g/mol. The largest absolute Gasteiger partial charge is 0.495 e. The monoisotopic (exact) mass is 262 g/mol. The zero-order chi connectivity index (χ0) is 9.84. The fourth-order valence-corrected chi connectivity index (χ4v) is 1.97. The Morgan fingerprint density at radius 2 is 2.31 bits per heavy atom. The van der Waals surface area contributed by atoms with Gasteiger partial charge in [0.2, 0.25) is 0 Å². The molecule has 0 spiro atoms. The number of methoxy groups -OCH3 is 1. The van der Waals surface area contributed by atoms with Gasteiger partial charge in [-0.25, -0.2) is 0 Å². The molecule has 0 atom stereocenters. The lowest BCUT2D eigenvalue weighted by Gasteiger charge is -2.06. The van der Waals surface area contributed by atoms with Crippen LogP contribution >= 0.6 is 27.5 Å². The standard InChI is InChI=1S/C8H8BrClN2O/c1-13-8-5(4-12-11)2-6(10)3-7(8)9/h2-4H,11H2,1H3. The predicted molar refractivity (Wildman–Crippen MR) is 57.5 cm³/mol. The van der Waals surface area contributed by atoms with Crippen LogP contribution in [0.2, 0.25) is 5.02 Å². The van der Waals surface area contributed by atoms with Gasteiger partial charge in [-0.1, -0.05) is 11.6 Å². The van der Waals surface area contributed by atoms with Crippen LogP contribution in [0.5, 0.6) is 5.75 Å². The van der Waals surface area contributed by atoms with E-state index in [1.807, 2.05) is 0 Å². The van der Waals surface area contributed by atoms with Gasteiger partial charge in [-0.05, 0) is 28.1 Å². The number of halogens is 2. The molecule has 70 valence electrons. The predicted octanol–water partition coefficient (Wildman–Crippen LogP) is 2.40. The van der Waals surface area contributed by atoms with E-state index in [0.29, 0.717) is 10.8 Å². The number of benzene rings is 1. The van der Waals surface area contributed by atoms with E-state index in [1.54, 1.807) is 19.2 Å². The molecule has 3 nitrogen and oxygen atoms in total. The molecule has 0 fully saturated rings. The normalized spacial score (nSPS) is 10.7. The molecule has 0 aliphatic rings. The molecule has 0 aromatic heterocycles. The maximum absolute atomic E-state index is 5.83. The maximum Gasteiger partial charge on any atom is 0.141 e. The third-order valence-corrected chi connectivity index (χ3v) is 2.26. The number of hydrogen-bond acceptors (Lipinski definition) is 3. The number of nitrogens with zero attached hydrogens (tertiary/aromatic N) is 1. The third-order valence-electron chi connectivity index (χ3n) is 1.45. The Kier molecular flexibility index (Phi) is 3.57. The van der Waals surface area contributed by atoms with Crippen molar-refractivity contribution in [2.24, 2.45) is 10.9 Å². The smallest absolute Gasteiger partial charge is 0.141 e. The van der Waals surface area contributed by atoms with Gasteiger partial charge >= 0.3 is 0 Å². The highest BCUT2D eigenvalue weighted by Gasteiger charge is 2.06. The van der Waals surface area contributed by atoms with Gasteiger partial charge in [0.05, 0.1) is 17.8 Å². The zero-order valence-electron chi connectivity index (χ0n) is 6.92. The summed E-state index contributed by atoms with van der Waals surface area (Å²) in [5.74, 6) is 5.71. The van der Waals surface area contributed by atoms with Crippen LogP contribution in [0.4, 0.5) is 0 Å². The summed E-state index contributed by atoms with van der Waals surface area (Å²) >= 11 is 9.14. The summed E-state index contributed by atoms with van der Waals surface area (Å²) in [7, 11) is 1.57. The maximum atomic E-state index is 5.83. The van der Waals surface area contributed by atoms with E-state index < -0.39 is 0 Å². The molecule has 1 aromatic carbocycles. The molecule has 1 rings (SSSR count). The summed E-state index contributed by atoms with van der Waals surface area (Å²) in [5.41, 5.74) is 0.740. The van der Waals surface area contributed by atoms with Gasteiger partial charge in [-0.3, -0.25) is 0 Å². The van der Waals surface area contributed by atoms with Gasteiger partial charge < -0.3 is 10.6 Å². The van der Waals surface area contributed by atoms with Crippen LogP contribution in [0.1, 0.15) is 5.56 Å². The van der Waals surface area contributed by atoms with Crippen LogP contribution in [0.25, 0.3) is 0 Å². The highest BCUT2D eigenvalue weighted by molar-refractivity contribution is 9.10. The van der Waals surface area contributed by atoms with Crippen LogP contribution < -0.4 is 10.6 Å². The van der Waals surface area contributed by atoms with E-state index in [2.05, 4.69) is 21.0 Å². The van der Waals surface area contributed by atoms with E-state index in [0.717, 1.165) is 10.0 Å².